The molecule has 0 atom stereocenters. The lowest BCUT2D eigenvalue weighted by atomic mass is 9.81. The lowest BCUT2D eigenvalue weighted by Crippen LogP contribution is -2.39. The lowest BCUT2D eigenvalue weighted by molar-refractivity contribution is 0.247. The predicted octanol–water partition coefficient (Wildman–Crippen LogP) is 5.08. The van der Waals surface area contributed by atoms with Crippen molar-refractivity contribution in [3.8, 4) is 11.3 Å². The third-order valence-corrected chi connectivity index (χ3v) is 7.41. The van der Waals surface area contributed by atoms with Gasteiger partial charge in [0.05, 0.1) is 11.9 Å². The highest BCUT2D eigenvalue weighted by Crippen LogP contribution is 2.42. The second-order valence-electron chi connectivity index (χ2n) is 10.3. The highest BCUT2D eigenvalue weighted by Gasteiger charge is 2.29. The molecule has 2 aliphatic rings. The zero-order valence-corrected chi connectivity index (χ0v) is 20.3. The van der Waals surface area contributed by atoms with Crippen LogP contribution < -0.4 is 16.0 Å². The topological polar surface area (TPSA) is 79.2 Å². The Labute approximate surface area is 206 Å². The van der Waals surface area contributed by atoms with Gasteiger partial charge in [0.1, 0.15) is 11.6 Å². The Hall–Kier alpha value is -3.45. The van der Waals surface area contributed by atoms with E-state index in [1.165, 1.54) is 36.8 Å². The van der Waals surface area contributed by atoms with Crippen molar-refractivity contribution in [3.63, 3.8) is 0 Å². The number of rotatable bonds is 8. The molecular formula is C28H33N7. The van der Waals surface area contributed by atoms with E-state index in [2.05, 4.69) is 58.2 Å². The predicted molar refractivity (Wildman–Crippen MR) is 141 cm³/mol. The van der Waals surface area contributed by atoms with Crippen molar-refractivity contribution in [3.05, 3.63) is 72.1 Å². The van der Waals surface area contributed by atoms with Crippen molar-refractivity contribution in [1.29, 1.82) is 0 Å². The molecule has 6 rings (SSSR count). The van der Waals surface area contributed by atoms with E-state index in [1.54, 1.807) is 0 Å². The minimum Gasteiger partial charge on any atom is -0.369 e. The molecule has 7 nitrogen and oxygen atoms in total. The summed E-state index contributed by atoms with van der Waals surface area (Å²) in [7, 11) is 0. The van der Waals surface area contributed by atoms with Crippen LogP contribution in [0.1, 0.15) is 49.7 Å². The van der Waals surface area contributed by atoms with Crippen LogP contribution in [0, 0.1) is 5.41 Å². The van der Waals surface area contributed by atoms with Crippen molar-refractivity contribution in [2.75, 3.05) is 30.3 Å². The summed E-state index contributed by atoms with van der Waals surface area (Å²) in [5.41, 5.74) is 5.86. The summed E-state index contributed by atoms with van der Waals surface area (Å²) in [6, 6.07) is 16.7. The fraction of sp³-hybridized carbons (Fsp3) is 0.393. The minimum absolute atomic E-state index is 0.293. The second kappa shape index (κ2) is 9.30. The van der Waals surface area contributed by atoms with Crippen LogP contribution in [0.4, 0.5) is 11.6 Å². The number of anilines is 2. The van der Waals surface area contributed by atoms with Crippen molar-refractivity contribution < 1.29 is 0 Å². The van der Waals surface area contributed by atoms with Crippen LogP contribution in [0.25, 0.3) is 16.9 Å². The largest absolute Gasteiger partial charge is 0.369 e. The van der Waals surface area contributed by atoms with Gasteiger partial charge >= 0.3 is 0 Å². The summed E-state index contributed by atoms with van der Waals surface area (Å²) in [5, 5.41) is 15.4. The number of pyridine rings is 1. The maximum absolute atomic E-state index is 5.00. The molecule has 180 valence electrons. The monoisotopic (exact) mass is 467 g/mol. The first-order valence-electron chi connectivity index (χ1n) is 12.7. The number of benzene rings is 1. The van der Waals surface area contributed by atoms with Gasteiger partial charge in [-0.05, 0) is 67.8 Å². The molecule has 1 aliphatic heterocycles. The van der Waals surface area contributed by atoms with E-state index in [1.807, 2.05) is 35.1 Å². The number of hydrogen-bond donors (Lipinski definition) is 3. The van der Waals surface area contributed by atoms with Gasteiger partial charge in [0.2, 0.25) is 0 Å². The van der Waals surface area contributed by atoms with Crippen LogP contribution in [-0.4, -0.2) is 39.2 Å². The maximum Gasteiger partial charge on any atom is 0.163 e. The smallest absolute Gasteiger partial charge is 0.163 e. The molecule has 1 saturated carbocycles. The maximum atomic E-state index is 5.00. The molecule has 7 heteroatoms. The van der Waals surface area contributed by atoms with Gasteiger partial charge in [-0.1, -0.05) is 37.3 Å². The molecule has 4 aromatic rings. The molecule has 4 heterocycles. The highest BCUT2D eigenvalue weighted by molar-refractivity contribution is 5.62. The van der Waals surface area contributed by atoms with Gasteiger partial charge < -0.3 is 16.0 Å². The van der Waals surface area contributed by atoms with E-state index in [-0.39, 0.29) is 0 Å². The average Bonchev–Trinajstić information content (AvgIpc) is 3.66. The average molecular weight is 468 g/mol. The van der Waals surface area contributed by atoms with Gasteiger partial charge in [-0.3, -0.25) is 4.98 Å². The third-order valence-electron chi connectivity index (χ3n) is 7.41. The van der Waals surface area contributed by atoms with Crippen molar-refractivity contribution in [2.45, 2.75) is 45.1 Å². The van der Waals surface area contributed by atoms with E-state index in [0.717, 1.165) is 48.2 Å². The fourth-order valence-electron chi connectivity index (χ4n) is 4.91. The van der Waals surface area contributed by atoms with Gasteiger partial charge in [0.25, 0.3) is 0 Å². The SMILES string of the molecule is CC1(CNc2cc(NCc3ccc(-c4ccccn4)cc3)n3ncc(C4CC4)c3n2)CCNCC1. The van der Waals surface area contributed by atoms with Gasteiger partial charge in [0.15, 0.2) is 5.65 Å². The number of nitrogens with one attached hydrogen (secondary N) is 3. The molecule has 1 saturated heterocycles. The van der Waals surface area contributed by atoms with Crippen LogP contribution in [0.2, 0.25) is 0 Å². The Balaban J connectivity index is 1.22. The second-order valence-corrected chi connectivity index (χ2v) is 10.3. The molecule has 3 aromatic heterocycles. The molecule has 0 unspecified atom stereocenters. The molecule has 35 heavy (non-hydrogen) atoms. The summed E-state index contributed by atoms with van der Waals surface area (Å²) in [4.78, 5) is 9.45. The van der Waals surface area contributed by atoms with Crippen LogP contribution in [0.5, 0.6) is 0 Å². The van der Waals surface area contributed by atoms with Gasteiger partial charge in [-0.2, -0.15) is 9.61 Å². The first kappa shape index (κ1) is 22.0. The molecule has 3 N–H and O–H groups in total. The van der Waals surface area contributed by atoms with Gasteiger partial charge in [-0.25, -0.2) is 4.98 Å². The van der Waals surface area contributed by atoms with E-state index in [0.29, 0.717) is 17.9 Å². The van der Waals surface area contributed by atoms with Crippen molar-refractivity contribution in [2.24, 2.45) is 5.41 Å². The number of piperidine rings is 1. The quantitative estimate of drug-likeness (QED) is 0.335. The summed E-state index contributed by atoms with van der Waals surface area (Å²) in [5.74, 6) is 2.49. The minimum atomic E-state index is 0.293. The van der Waals surface area contributed by atoms with Crippen LogP contribution in [0.3, 0.4) is 0 Å². The summed E-state index contributed by atoms with van der Waals surface area (Å²) >= 11 is 0. The molecule has 1 aliphatic carbocycles. The lowest BCUT2D eigenvalue weighted by Gasteiger charge is -2.34. The Morgan fingerprint density at radius 1 is 1.06 bits per heavy atom. The van der Waals surface area contributed by atoms with Gasteiger partial charge in [-0.15, -0.1) is 0 Å². The Morgan fingerprint density at radius 2 is 1.89 bits per heavy atom. The molecule has 2 fully saturated rings. The Kier molecular flexibility index (Phi) is 5.86. The molecule has 1 aromatic carbocycles. The molecular weight excluding hydrogens is 434 g/mol. The highest BCUT2D eigenvalue weighted by atomic mass is 15.3. The Morgan fingerprint density at radius 3 is 2.63 bits per heavy atom. The summed E-state index contributed by atoms with van der Waals surface area (Å²) in [6.07, 6.45) is 8.67. The van der Waals surface area contributed by atoms with Crippen molar-refractivity contribution in [1.82, 2.24) is 24.9 Å². The standard InChI is InChI=1S/C28H33N7/c1-28(11-14-29-15-12-28)19-32-25-16-26(35-27(34-25)23(18-33-35)21-9-10-21)31-17-20-5-7-22(8-6-20)24-4-2-3-13-30-24/h2-8,13,16,18,21,29,31H,9-12,14-15,17,19H2,1H3,(H,32,34). The van der Waals surface area contributed by atoms with Crippen LogP contribution in [0.15, 0.2) is 60.9 Å². The van der Waals surface area contributed by atoms with E-state index in [9.17, 15) is 0 Å². The van der Waals surface area contributed by atoms with E-state index >= 15 is 0 Å². The van der Waals surface area contributed by atoms with Crippen LogP contribution >= 0.6 is 0 Å². The number of hydrogen-bond acceptors (Lipinski definition) is 6. The summed E-state index contributed by atoms with van der Waals surface area (Å²) in [6.45, 7) is 6.19. The zero-order chi connectivity index (χ0) is 23.7. The number of nitrogens with zero attached hydrogens (tertiary/aromatic N) is 4. The normalized spacial score (nSPS) is 17.4. The molecule has 0 amide bonds. The van der Waals surface area contributed by atoms with E-state index < -0.39 is 0 Å². The third kappa shape index (κ3) is 4.86. The molecule has 0 spiro atoms. The number of fused-ring (bicyclic) bond motifs is 1. The van der Waals surface area contributed by atoms with Crippen molar-refractivity contribution >= 4 is 17.3 Å². The molecule has 0 radical (unpaired) electrons. The van der Waals surface area contributed by atoms with Crippen LogP contribution in [-0.2, 0) is 6.54 Å². The van der Waals surface area contributed by atoms with E-state index in [4.69, 9.17) is 10.1 Å². The zero-order valence-electron chi connectivity index (χ0n) is 20.3. The number of aromatic nitrogens is 4. The fourth-order valence-corrected chi connectivity index (χ4v) is 4.91. The summed E-state index contributed by atoms with van der Waals surface area (Å²) < 4.78 is 1.97. The first-order chi connectivity index (χ1) is 17.2. The first-order valence-corrected chi connectivity index (χ1v) is 12.7. The molecule has 0 bridgehead atoms. The Bertz CT molecular complexity index is 1290. The van der Waals surface area contributed by atoms with Gasteiger partial charge in [0, 0.05) is 36.5 Å².